The van der Waals surface area contributed by atoms with Crippen molar-refractivity contribution in [1.82, 2.24) is 5.16 Å². The van der Waals surface area contributed by atoms with Gasteiger partial charge in [-0.25, -0.2) is 4.79 Å². The molecule has 0 atom stereocenters. The Bertz CT molecular complexity index is 1380. The molecule has 2 N–H and O–H groups in total. The van der Waals surface area contributed by atoms with Crippen LogP contribution in [0.15, 0.2) is 89.5 Å². The highest BCUT2D eigenvalue weighted by atomic mass is 16.5. The van der Waals surface area contributed by atoms with E-state index in [1.165, 1.54) is 18.1 Å². The van der Waals surface area contributed by atoms with Gasteiger partial charge >= 0.3 is 12.0 Å². The van der Waals surface area contributed by atoms with E-state index >= 15 is 0 Å². The Hall–Kier alpha value is -4.92. The van der Waals surface area contributed by atoms with Crippen molar-refractivity contribution in [1.29, 1.82) is 0 Å². The predicted molar refractivity (Wildman–Crippen MR) is 141 cm³/mol. The van der Waals surface area contributed by atoms with E-state index in [4.69, 9.17) is 9.26 Å². The number of urea groups is 1. The van der Waals surface area contributed by atoms with Gasteiger partial charge in [0.25, 0.3) is 5.91 Å². The first-order valence-corrected chi connectivity index (χ1v) is 11.6. The molecule has 4 rings (SSSR count). The summed E-state index contributed by atoms with van der Waals surface area (Å²) in [6, 6.07) is 24.6. The number of ether oxygens (including phenoxy) is 1. The molecule has 0 aliphatic carbocycles. The second-order valence-corrected chi connectivity index (χ2v) is 8.22. The zero-order valence-corrected chi connectivity index (χ0v) is 20.4. The number of benzene rings is 3. The highest BCUT2D eigenvalue weighted by molar-refractivity contribution is 6.05. The third-order valence-corrected chi connectivity index (χ3v) is 5.53. The summed E-state index contributed by atoms with van der Waals surface area (Å²) in [4.78, 5) is 38.8. The molecule has 0 unspecified atom stereocenters. The number of carbonyl (C=O) groups excluding carboxylic acids is 3. The van der Waals surface area contributed by atoms with Gasteiger partial charge in [-0.1, -0.05) is 53.2 Å². The first kappa shape index (κ1) is 25.2. The predicted octanol–water partition coefficient (Wildman–Crippen LogP) is 5.50. The molecule has 1 heterocycles. The third kappa shape index (κ3) is 6.61. The number of hydrogen-bond acceptors (Lipinski definition) is 6. The molecule has 0 saturated carbocycles. The molecule has 3 aromatic carbocycles. The van der Waals surface area contributed by atoms with E-state index in [9.17, 15) is 14.4 Å². The molecule has 0 spiro atoms. The lowest BCUT2D eigenvalue weighted by molar-refractivity contribution is -0.140. The van der Waals surface area contributed by atoms with Gasteiger partial charge in [0, 0.05) is 35.2 Å². The molecular weight excluding hydrogens is 472 g/mol. The number of methoxy groups -OCH3 is 1. The van der Waals surface area contributed by atoms with Crippen molar-refractivity contribution in [2.24, 2.45) is 0 Å². The van der Waals surface area contributed by atoms with Crippen molar-refractivity contribution in [3.05, 3.63) is 96.3 Å². The minimum Gasteiger partial charge on any atom is -0.469 e. The van der Waals surface area contributed by atoms with Crippen LogP contribution in [-0.2, 0) is 9.53 Å². The van der Waals surface area contributed by atoms with Crippen molar-refractivity contribution in [3.8, 4) is 11.3 Å². The Kier molecular flexibility index (Phi) is 7.95. The average molecular weight is 499 g/mol. The van der Waals surface area contributed by atoms with E-state index in [0.29, 0.717) is 28.3 Å². The lowest BCUT2D eigenvalue weighted by atomic mass is 10.1. The molecule has 4 aromatic rings. The first-order chi connectivity index (χ1) is 17.9. The van der Waals surface area contributed by atoms with Crippen LogP contribution in [0.2, 0.25) is 0 Å². The summed E-state index contributed by atoms with van der Waals surface area (Å²) in [7, 11) is 1.30. The van der Waals surface area contributed by atoms with Crippen molar-refractivity contribution in [2.75, 3.05) is 29.2 Å². The summed E-state index contributed by atoms with van der Waals surface area (Å²) in [6.45, 7) is 2.08. The van der Waals surface area contributed by atoms with E-state index in [0.717, 1.165) is 5.56 Å². The fraction of sp³-hybridized carbons (Fsp3) is 0.143. The second-order valence-electron chi connectivity index (χ2n) is 8.22. The maximum absolute atomic E-state index is 13.3. The van der Waals surface area contributed by atoms with Crippen LogP contribution in [0.3, 0.4) is 0 Å². The molecule has 0 aliphatic heterocycles. The van der Waals surface area contributed by atoms with Crippen LogP contribution in [0.5, 0.6) is 0 Å². The average Bonchev–Trinajstić information content (AvgIpc) is 3.41. The Balaban J connectivity index is 1.48. The minimum absolute atomic E-state index is 0.0131. The highest BCUT2D eigenvalue weighted by Crippen LogP contribution is 2.25. The van der Waals surface area contributed by atoms with Crippen LogP contribution < -0.4 is 15.5 Å². The van der Waals surface area contributed by atoms with Gasteiger partial charge in [0.2, 0.25) is 5.76 Å². The second kappa shape index (κ2) is 11.7. The summed E-state index contributed by atoms with van der Waals surface area (Å²) in [5.41, 5.74) is 4.00. The van der Waals surface area contributed by atoms with Crippen LogP contribution in [0.4, 0.5) is 21.9 Å². The van der Waals surface area contributed by atoms with Gasteiger partial charge < -0.3 is 24.8 Å². The molecule has 0 saturated heterocycles. The lowest BCUT2D eigenvalue weighted by Gasteiger charge is -2.20. The number of rotatable bonds is 8. The number of aryl methyl sites for hydroxylation is 1. The van der Waals surface area contributed by atoms with E-state index in [1.54, 1.807) is 48.5 Å². The summed E-state index contributed by atoms with van der Waals surface area (Å²) in [5.74, 6) is -0.859. The number of aromatic nitrogens is 1. The SMILES string of the molecule is COC(=O)CCN(C(=O)c1cc(-c2cccc(NC(=O)Nc3ccc(C)cc3)c2)no1)c1ccccc1. The molecule has 37 heavy (non-hydrogen) atoms. The number of carbonyl (C=O) groups is 3. The van der Waals surface area contributed by atoms with Crippen molar-refractivity contribution < 1.29 is 23.6 Å². The van der Waals surface area contributed by atoms with Crippen LogP contribution in [0.25, 0.3) is 11.3 Å². The number of nitrogens with zero attached hydrogens (tertiary/aromatic N) is 2. The molecule has 188 valence electrons. The maximum atomic E-state index is 13.3. The monoisotopic (exact) mass is 498 g/mol. The van der Waals surface area contributed by atoms with Crippen LogP contribution in [-0.4, -0.2) is 36.7 Å². The fourth-order valence-electron chi connectivity index (χ4n) is 3.59. The Morgan fingerprint density at radius 1 is 0.892 bits per heavy atom. The molecule has 0 aliphatic rings. The smallest absolute Gasteiger partial charge is 0.323 e. The summed E-state index contributed by atoms with van der Waals surface area (Å²) in [6.07, 6.45) is 0.0243. The fourth-order valence-corrected chi connectivity index (χ4v) is 3.59. The van der Waals surface area contributed by atoms with E-state index < -0.39 is 11.9 Å². The van der Waals surface area contributed by atoms with Gasteiger partial charge in [0.1, 0.15) is 5.69 Å². The van der Waals surface area contributed by atoms with Gasteiger partial charge in [0.15, 0.2) is 0 Å². The quantitative estimate of drug-likeness (QED) is 0.310. The Labute approximate surface area is 214 Å². The van der Waals surface area contributed by atoms with E-state index in [1.807, 2.05) is 37.3 Å². The summed E-state index contributed by atoms with van der Waals surface area (Å²) < 4.78 is 10.1. The number of anilines is 3. The highest BCUT2D eigenvalue weighted by Gasteiger charge is 2.23. The molecule has 9 nitrogen and oxygen atoms in total. The van der Waals surface area contributed by atoms with E-state index in [-0.39, 0.29) is 24.8 Å². The third-order valence-electron chi connectivity index (χ3n) is 5.53. The standard InChI is InChI=1S/C28H26N4O5/c1-19-11-13-21(14-12-19)29-28(35)30-22-8-6-7-20(17-22)24-18-25(37-31-24)27(34)32(16-15-26(33)36-2)23-9-4-3-5-10-23/h3-14,17-18H,15-16H2,1-2H3,(H2,29,30,35). The van der Waals surface area contributed by atoms with Gasteiger partial charge in [-0.15, -0.1) is 0 Å². The van der Waals surface area contributed by atoms with Gasteiger partial charge in [-0.2, -0.15) is 0 Å². The molecule has 0 radical (unpaired) electrons. The van der Waals surface area contributed by atoms with Crippen LogP contribution >= 0.6 is 0 Å². The zero-order chi connectivity index (χ0) is 26.2. The molecular formula is C28H26N4O5. The zero-order valence-electron chi connectivity index (χ0n) is 20.4. The van der Waals surface area contributed by atoms with E-state index in [2.05, 4.69) is 15.8 Å². The molecule has 3 amide bonds. The normalized spacial score (nSPS) is 10.4. The Morgan fingerprint density at radius 2 is 1.62 bits per heavy atom. The van der Waals surface area contributed by atoms with Gasteiger partial charge in [-0.3, -0.25) is 9.59 Å². The number of esters is 1. The largest absolute Gasteiger partial charge is 0.469 e. The van der Waals surface area contributed by atoms with Crippen LogP contribution in [0.1, 0.15) is 22.5 Å². The molecule has 1 aromatic heterocycles. The van der Waals surface area contributed by atoms with Gasteiger partial charge in [0.05, 0.1) is 13.5 Å². The lowest BCUT2D eigenvalue weighted by Crippen LogP contribution is -2.33. The molecule has 9 heteroatoms. The summed E-state index contributed by atoms with van der Waals surface area (Å²) >= 11 is 0. The number of nitrogens with one attached hydrogen (secondary N) is 2. The van der Waals surface area contributed by atoms with Crippen molar-refractivity contribution in [2.45, 2.75) is 13.3 Å². The maximum Gasteiger partial charge on any atom is 0.323 e. The van der Waals surface area contributed by atoms with Gasteiger partial charge in [-0.05, 0) is 43.3 Å². The first-order valence-electron chi connectivity index (χ1n) is 11.6. The number of amides is 3. The van der Waals surface area contributed by atoms with Crippen LogP contribution in [0, 0.1) is 6.92 Å². The minimum atomic E-state index is -0.444. The Morgan fingerprint density at radius 3 is 2.35 bits per heavy atom. The molecule has 0 fully saturated rings. The van der Waals surface area contributed by atoms with Crippen molar-refractivity contribution in [3.63, 3.8) is 0 Å². The summed E-state index contributed by atoms with van der Waals surface area (Å²) in [5, 5.41) is 9.62. The molecule has 0 bridgehead atoms. The number of hydrogen-bond donors (Lipinski definition) is 2. The topological polar surface area (TPSA) is 114 Å². The van der Waals surface area contributed by atoms with Crippen molar-refractivity contribution >= 4 is 35.0 Å². The number of para-hydroxylation sites is 1.